The van der Waals surface area contributed by atoms with E-state index in [1.807, 2.05) is 13.8 Å². The normalized spacial score (nSPS) is 18.4. The van der Waals surface area contributed by atoms with Crippen molar-refractivity contribution in [1.29, 1.82) is 0 Å². The Morgan fingerprint density at radius 1 is 1.32 bits per heavy atom. The van der Waals surface area contributed by atoms with Crippen LogP contribution in [0, 0.1) is 6.92 Å². The molecule has 1 saturated carbocycles. The van der Waals surface area contributed by atoms with Gasteiger partial charge < -0.3 is 11.1 Å². The first-order chi connectivity index (χ1) is 10.4. The van der Waals surface area contributed by atoms with Crippen molar-refractivity contribution in [3.63, 3.8) is 0 Å². The summed E-state index contributed by atoms with van der Waals surface area (Å²) in [5, 5.41) is 2.99. The number of nitrogens with two attached hydrogens (primary N) is 1. The Kier molecular flexibility index (Phi) is 5.45. The molecular formula is C16H25N3O2S. The smallest absolute Gasteiger partial charge is 0.189 e. The molecule has 0 bridgehead atoms. The zero-order chi connectivity index (χ0) is 16.2. The van der Waals surface area contributed by atoms with Gasteiger partial charge in [-0.15, -0.1) is 0 Å². The molecule has 0 aliphatic heterocycles. The van der Waals surface area contributed by atoms with Crippen LogP contribution in [0.5, 0.6) is 0 Å². The van der Waals surface area contributed by atoms with E-state index in [0.29, 0.717) is 10.9 Å². The molecule has 0 saturated heterocycles. The second-order valence-corrected chi connectivity index (χ2v) is 8.13. The van der Waals surface area contributed by atoms with E-state index in [9.17, 15) is 8.42 Å². The molecule has 2 rings (SSSR count). The number of guanidine groups is 1. The fourth-order valence-electron chi connectivity index (χ4n) is 2.73. The molecular weight excluding hydrogens is 298 g/mol. The van der Waals surface area contributed by atoms with Crippen molar-refractivity contribution in [2.24, 2.45) is 10.7 Å². The minimum absolute atomic E-state index is 0.00303. The first-order valence-electron chi connectivity index (χ1n) is 7.76. The molecule has 0 radical (unpaired) electrons. The number of nitrogens with one attached hydrogen (secondary N) is 1. The maximum absolute atomic E-state index is 12.4. The third kappa shape index (κ3) is 4.73. The SMILES string of the molecule is Cc1ccc(S(=O)(=O)CC(C)NC(N)=NC2CCCC2)cc1. The standard InChI is InChI=1S/C16H25N3O2S/c1-12-7-9-15(10-8-12)22(20,21)11-13(2)18-16(17)19-14-5-3-4-6-14/h7-10,13-14H,3-6,11H2,1-2H3,(H3,17,18,19). The lowest BCUT2D eigenvalue weighted by molar-refractivity contribution is 0.584. The molecule has 1 aromatic rings. The molecule has 1 fully saturated rings. The van der Waals surface area contributed by atoms with Gasteiger partial charge in [-0.2, -0.15) is 0 Å². The summed E-state index contributed by atoms with van der Waals surface area (Å²) < 4.78 is 24.7. The molecule has 122 valence electrons. The number of sulfone groups is 1. The molecule has 1 aromatic carbocycles. The van der Waals surface area contributed by atoms with Gasteiger partial charge in [-0.05, 0) is 38.8 Å². The minimum Gasteiger partial charge on any atom is -0.370 e. The lowest BCUT2D eigenvalue weighted by Crippen LogP contribution is -2.42. The predicted octanol–water partition coefficient (Wildman–Crippen LogP) is 2.00. The lowest BCUT2D eigenvalue weighted by Gasteiger charge is -2.16. The highest BCUT2D eigenvalue weighted by Crippen LogP contribution is 2.20. The Morgan fingerprint density at radius 3 is 2.50 bits per heavy atom. The van der Waals surface area contributed by atoms with Crippen molar-refractivity contribution < 1.29 is 8.42 Å². The predicted molar refractivity (Wildman–Crippen MR) is 89.7 cm³/mol. The summed E-state index contributed by atoms with van der Waals surface area (Å²) in [7, 11) is -3.32. The maximum atomic E-state index is 12.4. The number of benzene rings is 1. The van der Waals surface area contributed by atoms with Crippen LogP contribution in [0.15, 0.2) is 34.2 Å². The van der Waals surface area contributed by atoms with E-state index < -0.39 is 9.84 Å². The molecule has 1 atom stereocenters. The monoisotopic (exact) mass is 323 g/mol. The number of hydrogen-bond acceptors (Lipinski definition) is 3. The van der Waals surface area contributed by atoms with E-state index in [1.54, 1.807) is 24.3 Å². The molecule has 5 nitrogen and oxygen atoms in total. The fraction of sp³-hybridized carbons (Fsp3) is 0.562. The van der Waals surface area contributed by atoms with E-state index in [-0.39, 0.29) is 17.8 Å². The van der Waals surface area contributed by atoms with Crippen molar-refractivity contribution in [2.45, 2.75) is 56.5 Å². The summed E-state index contributed by atoms with van der Waals surface area (Å²) in [5.41, 5.74) is 6.92. The largest absolute Gasteiger partial charge is 0.370 e. The van der Waals surface area contributed by atoms with Crippen molar-refractivity contribution in [1.82, 2.24) is 5.32 Å². The number of aliphatic imine (C=N–C) groups is 1. The maximum Gasteiger partial charge on any atom is 0.189 e. The van der Waals surface area contributed by atoms with E-state index >= 15 is 0 Å². The number of rotatable bonds is 5. The molecule has 0 amide bonds. The molecule has 0 aromatic heterocycles. The molecule has 0 heterocycles. The van der Waals surface area contributed by atoms with Crippen LogP contribution in [0.25, 0.3) is 0 Å². The Labute approximate surface area is 132 Å². The second-order valence-electron chi connectivity index (χ2n) is 6.09. The van der Waals surface area contributed by atoms with E-state index in [4.69, 9.17) is 5.73 Å². The molecule has 3 N–H and O–H groups in total. The summed E-state index contributed by atoms with van der Waals surface area (Å²) in [6.45, 7) is 3.74. The van der Waals surface area contributed by atoms with Crippen LogP contribution < -0.4 is 11.1 Å². The van der Waals surface area contributed by atoms with E-state index in [1.165, 1.54) is 12.8 Å². The summed E-state index contributed by atoms with van der Waals surface area (Å²) in [6.07, 6.45) is 4.52. The average Bonchev–Trinajstić information content (AvgIpc) is 2.90. The van der Waals surface area contributed by atoms with Gasteiger partial charge in [-0.1, -0.05) is 30.5 Å². The Bertz CT molecular complexity index is 617. The highest BCUT2D eigenvalue weighted by Gasteiger charge is 2.19. The third-order valence-electron chi connectivity index (χ3n) is 3.89. The van der Waals surface area contributed by atoms with Gasteiger partial charge in [-0.25, -0.2) is 8.42 Å². The molecule has 0 spiro atoms. The first kappa shape index (κ1) is 16.8. The van der Waals surface area contributed by atoms with Crippen LogP contribution in [0.4, 0.5) is 0 Å². The minimum atomic E-state index is -3.32. The number of aryl methyl sites for hydroxylation is 1. The zero-order valence-electron chi connectivity index (χ0n) is 13.2. The second kappa shape index (κ2) is 7.13. The Hall–Kier alpha value is -1.56. The van der Waals surface area contributed by atoms with Crippen LogP contribution in [0.3, 0.4) is 0 Å². The van der Waals surface area contributed by atoms with Gasteiger partial charge in [0, 0.05) is 6.04 Å². The number of hydrogen-bond donors (Lipinski definition) is 2. The van der Waals surface area contributed by atoms with Gasteiger partial charge in [-0.3, -0.25) is 4.99 Å². The van der Waals surface area contributed by atoms with E-state index in [0.717, 1.165) is 18.4 Å². The van der Waals surface area contributed by atoms with Gasteiger partial charge >= 0.3 is 0 Å². The highest BCUT2D eigenvalue weighted by molar-refractivity contribution is 7.91. The van der Waals surface area contributed by atoms with Crippen LogP contribution in [-0.2, 0) is 9.84 Å². The van der Waals surface area contributed by atoms with Crippen LogP contribution in [0.1, 0.15) is 38.2 Å². The summed E-state index contributed by atoms with van der Waals surface area (Å²) in [4.78, 5) is 4.76. The summed E-state index contributed by atoms with van der Waals surface area (Å²) in [6, 6.07) is 6.91. The molecule has 6 heteroatoms. The van der Waals surface area contributed by atoms with Crippen LogP contribution >= 0.6 is 0 Å². The van der Waals surface area contributed by atoms with Crippen LogP contribution in [-0.4, -0.2) is 32.2 Å². The van der Waals surface area contributed by atoms with Gasteiger partial charge in [0.15, 0.2) is 15.8 Å². The Morgan fingerprint density at radius 2 is 1.91 bits per heavy atom. The van der Waals surface area contributed by atoms with Gasteiger partial charge in [0.25, 0.3) is 0 Å². The topological polar surface area (TPSA) is 84.5 Å². The lowest BCUT2D eigenvalue weighted by atomic mass is 10.2. The number of nitrogens with zero attached hydrogens (tertiary/aromatic N) is 1. The summed E-state index contributed by atoms with van der Waals surface area (Å²) in [5.74, 6) is 0.343. The first-order valence-corrected chi connectivity index (χ1v) is 9.41. The molecule has 1 unspecified atom stereocenters. The van der Waals surface area contributed by atoms with Crippen molar-refractivity contribution in [3.05, 3.63) is 29.8 Å². The van der Waals surface area contributed by atoms with Crippen molar-refractivity contribution in [3.8, 4) is 0 Å². The Balaban J connectivity index is 1.95. The summed E-state index contributed by atoms with van der Waals surface area (Å²) >= 11 is 0. The zero-order valence-corrected chi connectivity index (χ0v) is 14.1. The third-order valence-corrected chi connectivity index (χ3v) is 5.82. The average molecular weight is 323 g/mol. The highest BCUT2D eigenvalue weighted by atomic mass is 32.2. The van der Waals surface area contributed by atoms with Crippen LogP contribution in [0.2, 0.25) is 0 Å². The van der Waals surface area contributed by atoms with E-state index in [2.05, 4.69) is 10.3 Å². The van der Waals surface area contributed by atoms with Gasteiger partial charge in [0.2, 0.25) is 0 Å². The van der Waals surface area contributed by atoms with Crippen molar-refractivity contribution in [2.75, 3.05) is 5.75 Å². The van der Waals surface area contributed by atoms with Crippen molar-refractivity contribution >= 4 is 15.8 Å². The molecule has 1 aliphatic rings. The van der Waals surface area contributed by atoms with Gasteiger partial charge in [0.05, 0.1) is 16.7 Å². The molecule has 22 heavy (non-hydrogen) atoms. The molecule has 1 aliphatic carbocycles. The quantitative estimate of drug-likeness (QED) is 0.641. The fourth-order valence-corrected chi connectivity index (χ4v) is 4.22. The van der Waals surface area contributed by atoms with Gasteiger partial charge in [0.1, 0.15) is 0 Å².